The maximum absolute atomic E-state index is 11.9. The van der Waals surface area contributed by atoms with Gasteiger partial charge in [-0.1, -0.05) is 41.6 Å². The molecule has 2 rings (SSSR count). The molecule has 2 aliphatic rings. The van der Waals surface area contributed by atoms with Crippen LogP contribution in [0.15, 0.2) is 0 Å². The summed E-state index contributed by atoms with van der Waals surface area (Å²) in [6.07, 6.45) is 11.1. The third-order valence-electron chi connectivity index (χ3n) is 4.40. The quantitative estimate of drug-likeness (QED) is 0.574. The van der Waals surface area contributed by atoms with Gasteiger partial charge in [-0.2, -0.15) is 0 Å². The van der Waals surface area contributed by atoms with Crippen molar-refractivity contribution in [2.24, 2.45) is 5.41 Å². The number of carbonyl (C=O) groups is 1. The van der Waals surface area contributed by atoms with Crippen LogP contribution in [0.3, 0.4) is 0 Å². The van der Waals surface area contributed by atoms with Gasteiger partial charge in [-0.25, -0.2) is 0 Å². The molecule has 0 spiro atoms. The number of piperidine rings is 1. The number of rotatable bonds is 3. The van der Waals surface area contributed by atoms with Crippen LogP contribution in [0, 0.1) is 5.41 Å². The van der Waals surface area contributed by atoms with E-state index in [2.05, 4.69) is 20.8 Å². The second-order valence-electron chi connectivity index (χ2n) is 5.82. The topological polar surface area (TPSA) is 20.3 Å². The van der Waals surface area contributed by atoms with Crippen molar-refractivity contribution in [1.29, 1.82) is 0 Å². The highest BCUT2D eigenvalue weighted by atomic mass is 79.9. The molecule has 0 aromatic carbocycles. The normalized spacial score (nSPS) is 25.7. The molecule has 2 nitrogen and oxygen atoms in total. The molecule has 1 saturated carbocycles. The molecule has 0 N–H and O–H groups in total. The zero-order valence-electron chi connectivity index (χ0n) is 10.7. The fourth-order valence-corrected chi connectivity index (χ4v) is 3.98. The molecule has 98 valence electrons. The molecule has 1 amide bonds. The smallest absolute Gasteiger partial charge is 0.222 e. The van der Waals surface area contributed by atoms with Gasteiger partial charge >= 0.3 is 0 Å². The van der Waals surface area contributed by atoms with Gasteiger partial charge in [0.1, 0.15) is 0 Å². The number of halogens is 1. The summed E-state index contributed by atoms with van der Waals surface area (Å²) in [4.78, 5) is 14.1. The van der Waals surface area contributed by atoms with Crippen molar-refractivity contribution < 1.29 is 4.79 Å². The largest absolute Gasteiger partial charge is 0.342 e. The van der Waals surface area contributed by atoms with Gasteiger partial charge in [0, 0.05) is 24.8 Å². The Morgan fingerprint density at radius 3 is 2.35 bits per heavy atom. The van der Waals surface area contributed by atoms with E-state index in [9.17, 15) is 4.79 Å². The summed E-state index contributed by atoms with van der Waals surface area (Å²) in [5, 5.41) is 1.06. The third-order valence-corrected chi connectivity index (χ3v) is 5.58. The average Bonchev–Trinajstić information content (AvgIpc) is 2.58. The summed E-state index contributed by atoms with van der Waals surface area (Å²) < 4.78 is 0. The monoisotopic (exact) mass is 301 g/mol. The van der Waals surface area contributed by atoms with Gasteiger partial charge in [-0.05, 0) is 31.1 Å². The Kier molecular flexibility index (Phi) is 4.89. The Labute approximate surface area is 113 Å². The summed E-state index contributed by atoms with van der Waals surface area (Å²) in [7, 11) is 0. The van der Waals surface area contributed by atoms with E-state index in [1.165, 1.54) is 44.9 Å². The molecule has 1 aliphatic heterocycles. The molecule has 3 heteroatoms. The second-order valence-corrected chi connectivity index (χ2v) is 6.38. The number of alkyl halides is 1. The van der Waals surface area contributed by atoms with Crippen molar-refractivity contribution in [1.82, 2.24) is 4.90 Å². The highest BCUT2D eigenvalue weighted by Crippen LogP contribution is 2.38. The average molecular weight is 302 g/mol. The third kappa shape index (κ3) is 3.46. The van der Waals surface area contributed by atoms with Crippen LogP contribution < -0.4 is 0 Å². The highest BCUT2D eigenvalue weighted by Gasteiger charge is 2.34. The molecule has 1 saturated heterocycles. The molecule has 0 radical (unpaired) electrons. The number of hydrogen-bond acceptors (Lipinski definition) is 1. The van der Waals surface area contributed by atoms with Gasteiger partial charge in [0.25, 0.3) is 0 Å². The number of hydrogen-bond donors (Lipinski definition) is 0. The summed E-state index contributed by atoms with van der Waals surface area (Å²) in [5.41, 5.74) is 0.365. The lowest BCUT2D eigenvalue weighted by Gasteiger charge is -2.38. The Morgan fingerprint density at radius 1 is 1.06 bits per heavy atom. The molecule has 0 atom stereocenters. The lowest BCUT2D eigenvalue weighted by molar-refractivity contribution is -0.135. The molecule has 0 bridgehead atoms. The zero-order valence-corrected chi connectivity index (χ0v) is 12.3. The van der Waals surface area contributed by atoms with Crippen molar-refractivity contribution >= 4 is 21.8 Å². The van der Waals surface area contributed by atoms with E-state index in [4.69, 9.17) is 0 Å². The van der Waals surface area contributed by atoms with Crippen LogP contribution in [0.2, 0.25) is 0 Å². The molecule has 0 aromatic heterocycles. The standard InChI is InChI=1S/C14H24BrNO/c15-11-14(8-4-1-2-5-9-14)12-16-10-6-3-7-13(16)17/h1-12H2. The lowest BCUT2D eigenvalue weighted by Crippen LogP contribution is -2.44. The summed E-state index contributed by atoms with van der Waals surface area (Å²) in [6.45, 7) is 1.99. The fraction of sp³-hybridized carbons (Fsp3) is 0.929. The van der Waals surface area contributed by atoms with Crippen LogP contribution in [0.5, 0.6) is 0 Å². The number of likely N-dealkylation sites (tertiary alicyclic amines) is 1. The van der Waals surface area contributed by atoms with E-state index >= 15 is 0 Å². The minimum Gasteiger partial charge on any atom is -0.342 e. The Balaban J connectivity index is 1.99. The molecule has 2 fully saturated rings. The Bertz CT molecular complexity index is 259. The SMILES string of the molecule is O=C1CCCCN1CC1(CBr)CCCCCC1. The number of amides is 1. The van der Waals surface area contributed by atoms with Gasteiger partial charge in [-0.15, -0.1) is 0 Å². The maximum Gasteiger partial charge on any atom is 0.222 e. The minimum atomic E-state index is 0.365. The minimum absolute atomic E-state index is 0.365. The van der Waals surface area contributed by atoms with Crippen molar-refractivity contribution in [2.75, 3.05) is 18.4 Å². The van der Waals surface area contributed by atoms with Crippen molar-refractivity contribution in [3.05, 3.63) is 0 Å². The van der Waals surface area contributed by atoms with Crippen LogP contribution in [-0.4, -0.2) is 29.2 Å². The first-order valence-electron chi connectivity index (χ1n) is 7.10. The van der Waals surface area contributed by atoms with Crippen molar-refractivity contribution in [2.45, 2.75) is 57.8 Å². The predicted octanol–water partition coefficient (Wildman–Crippen LogP) is 3.73. The first-order valence-corrected chi connectivity index (χ1v) is 8.22. The van der Waals surface area contributed by atoms with Gasteiger partial charge in [0.05, 0.1) is 0 Å². The number of carbonyl (C=O) groups excluding carboxylic acids is 1. The van der Waals surface area contributed by atoms with Crippen LogP contribution in [0.25, 0.3) is 0 Å². The molecule has 17 heavy (non-hydrogen) atoms. The van der Waals surface area contributed by atoms with Crippen LogP contribution in [-0.2, 0) is 4.79 Å². The van der Waals surface area contributed by atoms with E-state index in [1.807, 2.05) is 0 Å². The first-order chi connectivity index (χ1) is 8.26. The van der Waals surface area contributed by atoms with Crippen LogP contribution >= 0.6 is 15.9 Å². The summed E-state index contributed by atoms with van der Waals surface area (Å²) in [5.74, 6) is 0.390. The highest BCUT2D eigenvalue weighted by molar-refractivity contribution is 9.09. The zero-order chi connectivity index (χ0) is 12.1. The van der Waals surface area contributed by atoms with Crippen molar-refractivity contribution in [3.8, 4) is 0 Å². The van der Waals surface area contributed by atoms with E-state index < -0.39 is 0 Å². The lowest BCUT2D eigenvalue weighted by atomic mass is 9.81. The van der Waals surface area contributed by atoms with Crippen LogP contribution in [0.1, 0.15) is 57.8 Å². The molecule has 1 heterocycles. The molecule has 0 aromatic rings. The second kappa shape index (κ2) is 6.21. The maximum atomic E-state index is 11.9. The van der Waals surface area contributed by atoms with E-state index in [0.717, 1.165) is 31.3 Å². The molecular formula is C14H24BrNO. The van der Waals surface area contributed by atoms with Gasteiger partial charge in [0.2, 0.25) is 5.91 Å². The number of nitrogens with zero attached hydrogens (tertiary/aromatic N) is 1. The van der Waals surface area contributed by atoms with Crippen molar-refractivity contribution in [3.63, 3.8) is 0 Å². The van der Waals surface area contributed by atoms with Gasteiger partial charge in [0.15, 0.2) is 0 Å². The van der Waals surface area contributed by atoms with Gasteiger partial charge in [-0.3, -0.25) is 4.79 Å². The fourth-order valence-electron chi connectivity index (χ4n) is 3.25. The van der Waals surface area contributed by atoms with Crippen LogP contribution in [0.4, 0.5) is 0 Å². The van der Waals surface area contributed by atoms with E-state index in [-0.39, 0.29) is 0 Å². The van der Waals surface area contributed by atoms with Gasteiger partial charge < -0.3 is 4.90 Å². The summed E-state index contributed by atoms with van der Waals surface area (Å²) in [6, 6.07) is 0. The Hall–Kier alpha value is -0.0500. The molecule has 0 unspecified atom stereocenters. The Morgan fingerprint density at radius 2 is 1.76 bits per heavy atom. The molecular weight excluding hydrogens is 278 g/mol. The first kappa shape index (κ1) is 13.4. The summed E-state index contributed by atoms with van der Waals surface area (Å²) >= 11 is 3.71. The van der Waals surface area contributed by atoms with E-state index in [0.29, 0.717) is 11.3 Å². The molecule has 1 aliphatic carbocycles. The van der Waals surface area contributed by atoms with E-state index in [1.54, 1.807) is 0 Å². The predicted molar refractivity (Wildman–Crippen MR) is 74.4 cm³/mol.